The van der Waals surface area contributed by atoms with Gasteiger partial charge in [-0.15, -0.1) is 10.2 Å². The molecule has 0 saturated heterocycles. The summed E-state index contributed by atoms with van der Waals surface area (Å²) in [5.74, 6) is 1.97. The van der Waals surface area contributed by atoms with Crippen LogP contribution in [0.2, 0.25) is 0 Å². The van der Waals surface area contributed by atoms with Gasteiger partial charge in [0.05, 0.1) is 11.8 Å². The van der Waals surface area contributed by atoms with Gasteiger partial charge in [0.1, 0.15) is 5.82 Å². The number of nitrogens with one attached hydrogen (secondary N) is 1. The van der Waals surface area contributed by atoms with Crippen LogP contribution in [0, 0.1) is 0 Å². The predicted molar refractivity (Wildman–Crippen MR) is 99.7 cm³/mol. The molecule has 3 aromatic heterocycles. The Morgan fingerprint density at radius 3 is 3.08 bits per heavy atom. The molecule has 3 aromatic rings. The molecule has 0 saturated carbocycles. The van der Waals surface area contributed by atoms with Crippen molar-refractivity contribution < 1.29 is 4.79 Å². The number of nitrogens with zero attached hydrogens (tertiary/aromatic N) is 5. The summed E-state index contributed by atoms with van der Waals surface area (Å²) < 4.78 is 3.93. The third-order valence-electron chi connectivity index (χ3n) is 4.79. The molecule has 1 aliphatic heterocycles. The highest BCUT2D eigenvalue weighted by atomic mass is 32.1. The molecule has 0 aliphatic carbocycles. The van der Waals surface area contributed by atoms with E-state index in [0.717, 1.165) is 49.4 Å². The molecule has 136 valence electrons. The number of rotatable bonds is 5. The number of aryl methyl sites for hydroxylation is 3. The van der Waals surface area contributed by atoms with Gasteiger partial charge in [0.2, 0.25) is 5.91 Å². The molecule has 1 unspecified atom stereocenters. The Morgan fingerprint density at radius 1 is 1.38 bits per heavy atom. The average Bonchev–Trinajstić information content (AvgIpc) is 3.34. The van der Waals surface area contributed by atoms with Crippen LogP contribution >= 0.6 is 11.3 Å². The highest BCUT2D eigenvalue weighted by Crippen LogP contribution is 2.22. The number of thiophene rings is 1. The summed E-state index contributed by atoms with van der Waals surface area (Å²) in [6.45, 7) is 0.808. The van der Waals surface area contributed by atoms with Gasteiger partial charge in [-0.2, -0.15) is 16.4 Å². The fourth-order valence-corrected chi connectivity index (χ4v) is 4.08. The fraction of sp³-hybridized carbons (Fsp3) is 0.444. The maximum Gasteiger partial charge on any atom is 0.220 e. The van der Waals surface area contributed by atoms with Crippen LogP contribution in [-0.4, -0.2) is 36.5 Å². The maximum atomic E-state index is 12.3. The molecule has 4 rings (SSSR count). The number of carbonyl (C=O) groups is 1. The molecule has 1 N–H and O–H groups in total. The van der Waals surface area contributed by atoms with Crippen LogP contribution in [0.25, 0.3) is 11.4 Å². The standard InChI is InChI=1S/C18H22N6OS/c1-23-11-14(10-19-23)18-22-21-16-4-3-15(6-8-24(16)18)20-17(25)5-2-13-7-9-26-12-13/h7,9-12,15H,2-6,8H2,1H3,(H,20,25). The normalized spacial score (nSPS) is 16.9. The summed E-state index contributed by atoms with van der Waals surface area (Å²) in [6, 6.07) is 2.27. The first-order valence-electron chi connectivity index (χ1n) is 8.90. The number of hydrogen-bond donors (Lipinski definition) is 1. The molecular formula is C18H22N6OS. The zero-order valence-electron chi connectivity index (χ0n) is 14.8. The smallest absolute Gasteiger partial charge is 0.220 e. The van der Waals surface area contributed by atoms with E-state index >= 15 is 0 Å². The maximum absolute atomic E-state index is 12.3. The number of fused-ring (bicyclic) bond motifs is 1. The summed E-state index contributed by atoms with van der Waals surface area (Å²) in [7, 11) is 1.89. The average molecular weight is 370 g/mol. The third-order valence-corrected chi connectivity index (χ3v) is 5.53. The Bertz CT molecular complexity index is 882. The van der Waals surface area contributed by atoms with Gasteiger partial charge in [-0.1, -0.05) is 0 Å². The summed E-state index contributed by atoms with van der Waals surface area (Å²) in [4.78, 5) is 12.3. The van der Waals surface area contributed by atoms with E-state index < -0.39 is 0 Å². The summed E-state index contributed by atoms with van der Waals surface area (Å²) >= 11 is 1.67. The molecule has 7 nitrogen and oxygen atoms in total. The van der Waals surface area contributed by atoms with Crippen LogP contribution in [0.3, 0.4) is 0 Å². The van der Waals surface area contributed by atoms with Crippen LogP contribution in [0.5, 0.6) is 0 Å². The molecule has 0 fully saturated rings. The number of amides is 1. The molecule has 0 bridgehead atoms. The molecule has 1 atom stereocenters. The predicted octanol–water partition coefficient (Wildman–Crippen LogP) is 2.19. The number of aromatic nitrogens is 5. The van der Waals surface area contributed by atoms with E-state index in [-0.39, 0.29) is 11.9 Å². The van der Waals surface area contributed by atoms with Crippen molar-refractivity contribution >= 4 is 17.2 Å². The van der Waals surface area contributed by atoms with Crippen LogP contribution in [0.4, 0.5) is 0 Å². The molecule has 26 heavy (non-hydrogen) atoms. The lowest BCUT2D eigenvalue weighted by Crippen LogP contribution is -2.35. The van der Waals surface area contributed by atoms with Crippen LogP contribution in [0.1, 0.15) is 30.7 Å². The van der Waals surface area contributed by atoms with Crippen LogP contribution in [-0.2, 0) is 31.2 Å². The molecule has 1 amide bonds. The first-order chi connectivity index (χ1) is 12.7. The van der Waals surface area contributed by atoms with Crippen LogP contribution in [0.15, 0.2) is 29.2 Å². The number of hydrogen-bond acceptors (Lipinski definition) is 5. The monoisotopic (exact) mass is 370 g/mol. The van der Waals surface area contributed by atoms with Gasteiger partial charge in [-0.25, -0.2) is 0 Å². The largest absolute Gasteiger partial charge is 0.353 e. The van der Waals surface area contributed by atoms with E-state index in [4.69, 9.17) is 0 Å². The van der Waals surface area contributed by atoms with E-state index in [1.807, 2.05) is 24.8 Å². The third kappa shape index (κ3) is 3.70. The lowest BCUT2D eigenvalue weighted by atomic mass is 10.1. The van der Waals surface area contributed by atoms with E-state index in [9.17, 15) is 4.79 Å². The van der Waals surface area contributed by atoms with Gasteiger partial charge in [-0.3, -0.25) is 9.48 Å². The lowest BCUT2D eigenvalue weighted by molar-refractivity contribution is -0.121. The Labute approximate surface area is 156 Å². The minimum absolute atomic E-state index is 0.131. The van der Waals surface area contributed by atoms with Gasteiger partial charge < -0.3 is 9.88 Å². The van der Waals surface area contributed by atoms with Crippen molar-refractivity contribution in [2.45, 2.75) is 44.7 Å². The minimum atomic E-state index is 0.131. The van der Waals surface area contributed by atoms with Crippen molar-refractivity contribution in [3.63, 3.8) is 0 Å². The molecule has 1 aliphatic rings. The minimum Gasteiger partial charge on any atom is -0.353 e. The zero-order chi connectivity index (χ0) is 17.9. The molecule has 8 heteroatoms. The zero-order valence-corrected chi connectivity index (χ0v) is 15.6. The second-order valence-corrected chi connectivity index (χ2v) is 7.50. The highest BCUT2D eigenvalue weighted by molar-refractivity contribution is 7.07. The first kappa shape index (κ1) is 17.0. The topological polar surface area (TPSA) is 77.6 Å². The fourth-order valence-electron chi connectivity index (χ4n) is 3.38. The van der Waals surface area contributed by atoms with Crippen molar-refractivity contribution in [1.29, 1.82) is 0 Å². The van der Waals surface area contributed by atoms with Crippen molar-refractivity contribution in [3.05, 3.63) is 40.6 Å². The highest BCUT2D eigenvalue weighted by Gasteiger charge is 2.22. The molecular weight excluding hydrogens is 348 g/mol. The Hall–Kier alpha value is -2.48. The van der Waals surface area contributed by atoms with Crippen molar-refractivity contribution in [1.82, 2.24) is 29.9 Å². The van der Waals surface area contributed by atoms with Gasteiger partial charge in [0, 0.05) is 38.7 Å². The van der Waals surface area contributed by atoms with Gasteiger partial charge in [-0.05, 0) is 41.7 Å². The summed E-state index contributed by atoms with van der Waals surface area (Å²) in [5.41, 5.74) is 2.21. The second-order valence-electron chi connectivity index (χ2n) is 6.72. The van der Waals surface area contributed by atoms with Gasteiger partial charge >= 0.3 is 0 Å². The molecule has 0 spiro atoms. The second kappa shape index (κ2) is 7.41. The van der Waals surface area contributed by atoms with Crippen LogP contribution < -0.4 is 5.32 Å². The number of carbonyl (C=O) groups excluding carboxylic acids is 1. The quantitative estimate of drug-likeness (QED) is 0.747. The summed E-state index contributed by atoms with van der Waals surface area (Å²) in [6.07, 6.45) is 7.72. The van der Waals surface area contributed by atoms with Gasteiger partial charge in [0.15, 0.2) is 5.82 Å². The van der Waals surface area contributed by atoms with E-state index in [0.29, 0.717) is 6.42 Å². The molecule has 0 radical (unpaired) electrons. The van der Waals surface area contributed by atoms with E-state index in [1.54, 1.807) is 16.0 Å². The Morgan fingerprint density at radius 2 is 2.31 bits per heavy atom. The Kier molecular flexibility index (Phi) is 4.83. The van der Waals surface area contributed by atoms with E-state index in [2.05, 4.69) is 36.6 Å². The first-order valence-corrected chi connectivity index (χ1v) is 9.85. The summed E-state index contributed by atoms with van der Waals surface area (Å²) in [5, 5.41) is 20.3. The van der Waals surface area contributed by atoms with E-state index in [1.165, 1.54) is 5.56 Å². The van der Waals surface area contributed by atoms with Crippen molar-refractivity contribution in [3.8, 4) is 11.4 Å². The van der Waals surface area contributed by atoms with Crippen molar-refractivity contribution in [2.24, 2.45) is 7.05 Å². The van der Waals surface area contributed by atoms with Crippen molar-refractivity contribution in [2.75, 3.05) is 0 Å². The SMILES string of the molecule is Cn1cc(-c2nnc3n2CCC(NC(=O)CCc2ccsc2)CC3)cn1. The molecule has 4 heterocycles. The van der Waals surface area contributed by atoms with Gasteiger partial charge in [0.25, 0.3) is 0 Å². The lowest BCUT2D eigenvalue weighted by Gasteiger charge is -2.16. The molecule has 0 aromatic carbocycles. The Balaban J connectivity index is 1.36.